The van der Waals surface area contributed by atoms with E-state index < -0.39 is 8.83 Å². The van der Waals surface area contributed by atoms with Crippen LogP contribution in [0.1, 0.15) is 27.7 Å². The lowest BCUT2D eigenvalue weighted by atomic mass is 9.95. The normalized spacial score (nSPS) is 11.9. The second kappa shape index (κ2) is 4.97. The van der Waals surface area contributed by atoms with Crippen molar-refractivity contribution < 1.29 is 0 Å². The van der Waals surface area contributed by atoms with Crippen molar-refractivity contribution in [2.24, 2.45) is 11.8 Å². The molecule has 0 rings (SSSR count). The van der Waals surface area contributed by atoms with Gasteiger partial charge in [-0.2, -0.15) is 11.1 Å². The first-order chi connectivity index (χ1) is 4.59. The Hall–Kier alpha value is 0.247. The van der Waals surface area contributed by atoms with Gasteiger partial charge in [-0.05, 0) is 11.8 Å². The van der Waals surface area contributed by atoms with Crippen molar-refractivity contribution in [3.63, 3.8) is 0 Å². The molecule has 0 N–H and O–H groups in total. The minimum absolute atomic E-state index is 0.409. The summed E-state index contributed by atoms with van der Waals surface area (Å²) in [7, 11) is -0.409. The number of allylic oxidation sites excluding steroid dienone is 1. The second-order valence-corrected chi connectivity index (χ2v) is 4.81. The summed E-state index contributed by atoms with van der Waals surface area (Å²) in [6, 6.07) is 0. The van der Waals surface area contributed by atoms with E-state index in [4.69, 9.17) is 11.1 Å². The molecule has 0 spiro atoms. The molecule has 0 radical (unpaired) electrons. The second-order valence-electron chi connectivity index (χ2n) is 3.17. The smallest absolute Gasteiger partial charge is 0.148 e. The average Bonchev–Trinajstić information content (AvgIpc) is 1.81. The third-order valence-corrected chi connectivity index (χ3v) is 2.73. The lowest BCUT2D eigenvalue weighted by Crippen LogP contribution is -2.02. The van der Waals surface area contributed by atoms with Crippen molar-refractivity contribution in [2.45, 2.75) is 27.7 Å². The minimum Gasteiger partial charge on any atom is -0.171 e. The van der Waals surface area contributed by atoms with Gasteiger partial charge < -0.3 is 0 Å². The quantitative estimate of drug-likeness (QED) is 0.458. The van der Waals surface area contributed by atoms with Crippen LogP contribution in [-0.4, -0.2) is 8.83 Å². The van der Waals surface area contributed by atoms with Gasteiger partial charge in [0.1, 0.15) is 8.83 Å². The molecule has 0 aromatic carbocycles. The Labute approximate surface area is 71.2 Å². The Balaban J connectivity index is 4.12. The van der Waals surface area contributed by atoms with Gasteiger partial charge in [-0.1, -0.05) is 39.0 Å². The zero-order chi connectivity index (χ0) is 8.15. The topological polar surface area (TPSA) is 0 Å². The monoisotopic (exact) mass is 176 g/mol. The van der Waals surface area contributed by atoms with E-state index in [1.807, 2.05) is 0 Å². The molecule has 0 fully saturated rings. The molecule has 0 heterocycles. The Bertz CT molecular complexity index is 106. The van der Waals surface area contributed by atoms with Gasteiger partial charge in [-0.25, -0.2) is 0 Å². The SMILES string of the molecule is CC(C)C(=C[SiH2]Cl)C(C)C. The van der Waals surface area contributed by atoms with Crippen molar-refractivity contribution in [3.8, 4) is 0 Å². The van der Waals surface area contributed by atoms with Gasteiger partial charge >= 0.3 is 0 Å². The van der Waals surface area contributed by atoms with Crippen LogP contribution in [-0.2, 0) is 0 Å². The molecule has 10 heavy (non-hydrogen) atoms. The van der Waals surface area contributed by atoms with Crippen LogP contribution < -0.4 is 0 Å². The molecule has 0 amide bonds. The maximum atomic E-state index is 5.75. The molecule has 0 unspecified atom stereocenters. The molecule has 0 aliphatic rings. The molecule has 0 saturated carbocycles. The van der Waals surface area contributed by atoms with Crippen LogP contribution in [0.15, 0.2) is 11.3 Å². The summed E-state index contributed by atoms with van der Waals surface area (Å²) in [4.78, 5) is 0. The van der Waals surface area contributed by atoms with Gasteiger partial charge in [0.25, 0.3) is 0 Å². The fourth-order valence-electron chi connectivity index (χ4n) is 1.23. The molecule has 0 aliphatic heterocycles. The highest BCUT2D eigenvalue weighted by molar-refractivity contribution is 6.96. The lowest BCUT2D eigenvalue weighted by Gasteiger charge is -2.14. The molecule has 2 heteroatoms. The van der Waals surface area contributed by atoms with E-state index in [9.17, 15) is 0 Å². The molecule has 0 bridgehead atoms. The van der Waals surface area contributed by atoms with Crippen molar-refractivity contribution >= 4 is 19.9 Å². The highest BCUT2D eigenvalue weighted by Crippen LogP contribution is 2.18. The third-order valence-electron chi connectivity index (χ3n) is 1.65. The van der Waals surface area contributed by atoms with E-state index in [1.165, 1.54) is 5.57 Å². The van der Waals surface area contributed by atoms with Crippen LogP contribution in [0, 0.1) is 11.8 Å². The maximum Gasteiger partial charge on any atom is 0.148 e. The zero-order valence-corrected chi connectivity index (χ0v) is 9.49. The Kier molecular flexibility index (Phi) is 5.09. The Morgan fingerprint density at radius 3 is 1.70 bits per heavy atom. The van der Waals surface area contributed by atoms with Crippen LogP contribution in [0.4, 0.5) is 0 Å². The summed E-state index contributed by atoms with van der Waals surface area (Å²) < 4.78 is 0. The van der Waals surface area contributed by atoms with Crippen molar-refractivity contribution in [1.82, 2.24) is 0 Å². The fourth-order valence-corrected chi connectivity index (χ4v) is 2.88. The van der Waals surface area contributed by atoms with Crippen molar-refractivity contribution in [1.29, 1.82) is 0 Å². The fraction of sp³-hybridized carbons (Fsp3) is 0.750. The van der Waals surface area contributed by atoms with Gasteiger partial charge in [-0.3, -0.25) is 0 Å². The highest BCUT2D eigenvalue weighted by atomic mass is 35.6. The first kappa shape index (κ1) is 10.2. The molecule has 0 atom stereocenters. The Morgan fingerprint density at radius 2 is 1.60 bits per heavy atom. The summed E-state index contributed by atoms with van der Waals surface area (Å²) in [6.45, 7) is 8.92. The van der Waals surface area contributed by atoms with Crippen LogP contribution in [0.2, 0.25) is 0 Å². The van der Waals surface area contributed by atoms with E-state index in [-0.39, 0.29) is 0 Å². The predicted molar refractivity (Wildman–Crippen MR) is 52.2 cm³/mol. The minimum atomic E-state index is -0.409. The van der Waals surface area contributed by atoms with Crippen LogP contribution in [0.25, 0.3) is 0 Å². The largest absolute Gasteiger partial charge is 0.171 e. The summed E-state index contributed by atoms with van der Waals surface area (Å²) >= 11 is 5.75. The van der Waals surface area contributed by atoms with Crippen molar-refractivity contribution in [3.05, 3.63) is 11.3 Å². The van der Waals surface area contributed by atoms with E-state index in [0.717, 1.165) is 0 Å². The Morgan fingerprint density at radius 1 is 1.20 bits per heavy atom. The molecule has 0 aromatic rings. The first-order valence-corrected chi connectivity index (χ1v) is 6.81. The van der Waals surface area contributed by atoms with E-state index in [2.05, 4.69) is 33.4 Å². The summed E-state index contributed by atoms with van der Waals surface area (Å²) in [5.74, 6) is 1.34. The maximum absolute atomic E-state index is 5.75. The highest BCUT2D eigenvalue weighted by Gasteiger charge is 2.05. The number of halogens is 1. The molecular formula is C8H17ClSi. The zero-order valence-electron chi connectivity index (χ0n) is 7.32. The molecule has 60 valence electrons. The van der Waals surface area contributed by atoms with Gasteiger partial charge in [0.05, 0.1) is 0 Å². The number of rotatable bonds is 3. The third kappa shape index (κ3) is 3.42. The van der Waals surface area contributed by atoms with Gasteiger partial charge in [0, 0.05) is 0 Å². The predicted octanol–water partition coefficient (Wildman–Crippen LogP) is 2.50. The van der Waals surface area contributed by atoms with Crippen molar-refractivity contribution in [2.75, 3.05) is 0 Å². The summed E-state index contributed by atoms with van der Waals surface area (Å²) in [5.41, 5.74) is 3.79. The molecule has 0 aliphatic carbocycles. The van der Waals surface area contributed by atoms with E-state index in [1.54, 1.807) is 0 Å². The summed E-state index contributed by atoms with van der Waals surface area (Å²) in [6.07, 6.45) is 0. The van der Waals surface area contributed by atoms with Gasteiger partial charge in [-0.15, -0.1) is 0 Å². The molecule has 0 saturated heterocycles. The van der Waals surface area contributed by atoms with E-state index >= 15 is 0 Å². The van der Waals surface area contributed by atoms with Crippen LogP contribution in [0.3, 0.4) is 0 Å². The number of hydrogen-bond donors (Lipinski definition) is 0. The first-order valence-electron chi connectivity index (χ1n) is 3.85. The average molecular weight is 177 g/mol. The standard InChI is InChI=1S/C8H17ClSi/c1-6(2)8(5-10-9)7(3)4/h5-7H,10H2,1-4H3. The summed E-state index contributed by atoms with van der Waals surface area (Å²) in [5, 5.41) is 0. The van der Waals surface area contributed by atoms with Crippen LogP contribution in [0.5, 0.6) is 0 Å². The molecular weight excluding hydrogens is 160 g/mol. The van der Waals surface area contributed by atoms with Crippen LogP contribution >= 0.6 is 11.1 Å². The molecule has 0 aromatic heterocycles. The van der Waals surface area contributed by atoms with E-state index in [0.29, 0.717) is 11.8 Å². The number of hydrogen-bond acceptors (Lipinski definition) is 0. The van der Waals surface area contributed by atoms with Gasteiger partial charge in [0.15, 0.2) is 0 Å². The lowest BCUT2D eigenvalue weighted by molar-refractivity contribution is 0.628. The van der Waals surface area contributed by atoms with Gasteiger partial charge in [0.2, 0.25) is 0 Å². The molecule has 0 nitrogen and oxygen atoms in total.